The van der Waals surface area contributed by atoms with E-state index in [-0.39, 0.29) is 0 Å². The van der Waals surface area contributed by atoms with Crippen LogP contribution in [-0.4, -0.2) is 30.6 Å². The van der Waals surface area contributed by atoms with Crippen LogP contribution in [0.1, 0.15) is 37.8 Å². The summed E-state index contributed by atoms with van der Waals surface area (Å²) in [7, 11) is 2.00. The number of benzene rings is 1. The largest absolute Gasteiger partial charge is 0.319 e. The Morgan fingerprint density at radius 3 is 2.39 bits per heavy atom. The van der Waals surface area contributed by atoms with E-state index in [0.29, 0.717) is 5.54 Å². The van der Waals surface area contributed by atoms with Crippen LogP contribution < -0.4 is 5.32 Å². The van der Waals surface area contributed by atoms with Gasteiger partial charge in [0.25, 0.3) is 0 Å². The molecule has 0 bridgehead atoms. The van der Waals surface area contributed by atoms with Gasteiger partial charge in [0, 0.05) is 12.1 Å². The van der Waals surface area contributed by atoms with Crippen molar-refractivity contribution in [2.75, 3.05) is 20.1 Å². The Morgan fingerprint density at radius 2 is 1.83 bits per heavy atom. The average molecular weight is 246 g/mol. The number of nitrogens with one attached hydrogen (secondary N) is 1. The van der Waals surface area contributed by atoms with Gasteiger partial charge in [0.05, 0.1) is 0 Å². The Kier molecular flexibility index (Phi) is 4.41. The summed E-state index contributed by atoms with van der Waals surface area (Å²) in [6.45, 7) is 8.12. The zero-order valence-electron chi connectivity index (χ0n) is 12.0. The third-order valence-corrected chi connectivity index (χ3v) is 4.13. The second kappa shape index (κ2) is 5.85. The predicted molar refractivity (Wildman–Crippen MR) is 77.8 cm³/mol. The Balaban J connectivity index is 1.94. The molecule has 1 aromatic rings. The number of likely N-dealkylation sites (N-methyl/N-ethyl adjacent to an activating group) is 1. The van der Waals surface area contributed by atoms with E-state index >= 15 is 0 Å². The standard InChI is InChI=1S/C16H26N2/c1-16(2)10-4-12-18(16)13-15-7-5-14(6-8-15)9-11-17-3/h5-8,17H,4,9-13H2,1-3H3. The third-order valence-electron chi connectivity index (χ3n) is 4.13. The van der Waals surface area contributed by atoms with Gasteiger partial charge in [0.1, 0.15) is 0 Å². The fourth-order valence-electron chi connectivity index (χ4n) is 2.76. The van der Waals surface area contributed by atoms with Gasteiger partial charge in [0.2, 0.25) is 0 Å². The zero-order valence-corrected chi connectivity index (χ0v) is 12.0. The molecule has 100 valence electrons. The van der Waals surface area contributed by atoms with Gasteiger partial charge in [0.15, 0.2) is 0 Å². The quantitative estimate of drug-likeness (QED) is 0.859. The molecule has 1 fully saturated rings. The molecule has 1 heterocycles. The molecule has 0 atom stereocenters. The van der Waals surface area contributed by atoms with Crippen LogP contribution in [0.2, 0.25) is 0 Å². The molecule has 0 aromatic heterocycles. The summed E-state index contributed by atoms with van der Waals surface area (Å²) in [4.78, 5) is 2.61. The van der Waals surface area contributed by atoms with E-state index in [4.69, 9.17) is 0 Å². The van der Waals surface area contributed by atoms with Crippen LogP contribution in [0.25, 0.3) is 0 Å². The molecule has 0 unspecified atom stereocenters. The molecule has 1 N–H and O–H groups in total. The first-order valence-electron chi connectivity index (χ1n) is 7.09. The molecule has 2 heteroatoms. The lowest BCUT2D eigenvalue weighted by Crippen LogP contribution is -2.37. The van der Waals surface area contributed by atoms with Crippen LogP contribution in [0.5, 0.6) is 0 Å². The molecule has 0 amide bonds. The summed E-state index contributed by atoms with van der Waals surface area (Å²) in [5.41, 5.74) is 3.25. The van der Waals surface area contributed by atoms with Gasteiger partial charge in [-0.05, 0) is 64.4 Å². The zero-order chi connectivity index (χ0) is 13.0. The van der Waals surface area contributed by atoms with Crippen LogP contribution in [0.3, 0.4) is 0 Å². The average Bonchev–Trinajstić information content (AvgIpc) is 2.68. The maximum atomic E-state index is 3.19. The minimum absolute atomic E-state index is 0.380. The first-order chi connectivity index (χ1) is 8.62. The van der Waals surface area contributed by atoms with Gasteiger partial charge >= 0.3 is 0 Å². The Bertz CT molecular complexity index is 367. The number of hydrogen-bond donors (Lipinski definition) is 1. The minimum Gasteiger partial charge on any atom is -0.319 e. The molecule has 0 aliphatic carbocycles. The normalized spacial score (nSPS) is 19.3. The summed E-state index contributed by atoms with van der Waals surface area (Å²) >= 11 is 0. The molecular weight excluding hydrogens is 220 g/mol. The van der Waals surface area contributed by atoms with Crippen molar-refractivity contribution in [3.63, 3.8) is 0 Å². The van der Waals surface area contributed by atoms with Crippen molar-refractivity contribution in [1.82, 2.24) is 10.2 Å². The van der Waals surface area contributed by atoms with Crippen molar-refractivity contribution in [3.8, 4) is 0 Å². The number of nitrogens with zero attached hydrogens (tertiary/aromatic N) is 1. The van der Waals surface area contributed by atoms with Crippen molar-refractivity contribution in [3.05, 3.63) is 35.4 Å². The Labute approximate surface area is 111 Å². The fraction of sp³-hybridized carbons (Fsp3) is 0.625. The van der Waals surface area contributed by atoms with Gasteiger partial charge in [-0.3, -0.25) is 4.90 Å². The lowest BCUT2D eigenvalue weighted by molar-refractivity contribution is 0.166. The summed E-state index contributed by atoms with van der Waals surface area (Å²) in [5.74, 6) is 0. The van der Waals surface area contributed by atoms with Crippen LogP contribution >= 0.6 is 0 Å². The topological polar surface area (TPSA) is 15.3 Å². The van der Waals surface area contributed by atoms with Crippen LogP contribution in [0, 0.1) is 0 Å². The molecule has 0 saturated carbocycles. The molecule has 1 aliphatic rings. The van der Waals surface area contributed by atoms with E-state index in [9.17, 15) is 0 Å². The third kappa shape index (κ3) is 3.33. The highest BCUT2D eigenvalue weighted by molar-refractivity contribution is 5.23. The lowest BCUT2D eigenvalue weighted by atomic mass is 10.0. The van der Waals surface area contributed by atoms with Gasteiger partial charge < -0.3 is 5.32 Å². The first kappa shape index (κ1) is 13.6. The molecule has 2 nitrogen and oxygen atoms in total. The highest BCUT2D eigenvalue weighted by Crippen LogP contribution is 2.29. The molecular formula is C16H26N2. The highest BCUT2D eigenvalue weighted by Gasteiger charge is 2.31. The Hall–Kier alpha value is -0.860. The second-order valence-electron chi connectivity index (χ2n) is 6.01. The molecule has 0 spiro atoms. The predicted octanol–water partition coefficient (Wildman–Crippen LogP) is 2.82. The van der Waals surface area contributed by atoms with E-state index in [2.05, 4.69) is 48.3 Å². The number of hydrogen-bond acceptors (Lipinski definition) is 2. The molecule has 1 aliphatic heterocycles. The second-order valence-corrected chi connectivity index (χ2v) is 6.01. The van der Waals surface area contributed by atoms with E-state index < -0.39 is 0 Å². The van der Waals surface area contributed by atoms with E-state index in [1.165, 1.54) is 30.5 Å². The van der Waals surface area contributed by atoms with Gasteiger partial charge in [-0.1, -0.05) is 24.3 Å². The Morgan fingerprint density at radius 1 is 1.17 bits per heavy atom. The van der Waals surface area contributed by atoms with Gasteiger partial charge in [-0.15, -0.1) is 0 Å². The molecule has 0 radical (unpaired) electrons. The molecule has 18 heavy (non-hydrogen) atoms. The number of likely N-dealkylation sites (tertiary alicyclic amines) is 1. The van der Waals surface area contributed by atoms with Gasteiger partial charge in [-0.25, -0.2) is 0 Å². The summed E-state index contributed by atoms with van der Waals surface area (Å²) in [6, 6.07) is 9.13. The van der Waals surface area contributed by atoms with Crippen LogP contribution in [0.15, 0.2) is 24.3 Å². The summed E-state index contributed by atoms with van der Waals surface area (Å²) < 4.78 is 0. The molecule has 1 saturated heterocycles. The van der Waals surface area contributed by atoms with Crippen molar-refractivity contribution in [2.45, 2.75) is 45.2 Å². The summed E-state index contributed by atoms with van der Waals surface area (Å²) in [6.07, 6.45) is 3.78. The van der Waals surface area contributed by atoms with Crippen LogP contribution in [-0.2, 0) is 13.0 Å². The lowest BCUT2D eigenvalue weighted by Gasteiger charge is -2.31. The van der Waals surface area contributed by atoms with Crippen molar-refractivity contribution < 1.29 is 0 Å². The molecule has 1 aromatic carbocycles. The SMILES string of the molecule is CNCCc1ccc(CN2CCCC2(C)C)cc1. The highest BCUT2D eigenvalue weighted by atomic mass is 15.2. The maximum Gasteiger partial charge on any atom is 0.0239 e. The minimum atomic E-state index is 0.380. The first-order valence-corrected chi connectivity index (χ1v) is 7.09. The molecule has 2 rings (SSSR count). The number of rotatable bonds is 5. The monoisotopic (exact) mass is 246 g/mol. The van der Waals surface area contributed by atoms with Crippen LogP contribution in [0.4, 0.5) is 0 Å². The summed E-state index contributed by atoms with van der Waals surface area (Å²) in [5, 5.41) is 3.19. The van der Waals surface area contributed by atoms with E-state index in [1.54, 1.807) is 0 Å². The van der Waals surface area contributed by atoms with E-state index in [1.807, 2.05) is 7.05 Å². The van der Waals surface area contributed by atoms with Crippen molar-refractivity contribution in [1.29, 1.82) is 0 Å². The smallest absolute Gasteiger partial charge is 0.0239 e. The maximum absolute atomic E-state index is 3.19. The van der Waals surface area contributed by atoms with E-state index in [0.717, 1.165) is 19.5 Å². The van der Waals surface area contributed by atoms with Gasteiger partial charge in [-0.2, -0.15) is 0 Å². The fourth-order valence-corrected chi connectivity index (χ4v) is 2.76. The van der Waals surface area contributed by atoms with Crippen molar-refractivity contribution in [2.24, 2.45) is 0 Å². The van der Waals surface area contributed by atoms with Crippen molar-refractivity contribution >= 4 is 0 Å².